The molecule has 0 amide bonds. The number of methoxy groups -OCH3 is 1. The summed E-state index contributed by atoms with van der Waals surface area (Å²) in [7, 11) is 1.49. The molecular weight excluding hydrogens is 281 g/mol. The van der Waals surface area contributed by atoms with Gasteiger partial charge in [-0.25, -0.2) is 0 Å². The van der Waals surface area contributed by atoms with Crippen LogP contribution in [-0.4, -0.2) is 30.1 Å². The topological polar surface area (TPSA) is 29.5 Å². The molecule has 0 spiro atoms. The number of alkyl halides is 3. The number of fused-ring (bicyclic) bond motifs is 5. The molecule has 2 bridgehead atoms. The van der Waals surface area contributed by atoms with E-state index >= 15 is 0 Å². The average Bonchev–Trinajstić information content (AvgIpc) is 2.98. The van der Waals surface area contributed by atoms with Gasteiger partial charge in [-0.2, -0.15) is 13.2 Å². The third-order valence-corrected chi connectivity index (χ3v) is 7.13. The van der Waals surface area contributed by atoms with Crippen LogP contribution in [0.5, 0.6) is 0 Å². The van der Waals surface area contributed by atoms with Gasteiger partial charge < -0.3 is 9.84 Å². The molecule has 21 heavy (non-hydrogen) atoms. The Labute approximate surface area is 124 Å². The monoisotopic (exact) mass is 306 g/mol. The largest absolute Gasteiger partial charge is 0.417 e. The number of hydrogen-bond acceptors (Lipinski definition) is 2. The molecule has 0 heterocycles. The first-order chi connectivity index (χ1) is 9.61. The Morgan fingerprint density at radius 2 is 1.57 bits per heavy atom. The lowest BCUT2D eigenvalue weighted by Crippen LogP contribution is -2.52. The highest BCUT2D eigenvalue weighted by atomic mass is 19.4. The van der Waals surface area contributed by atoms with Crippen LogP contribution >= 0.6 is 0 Å². The summed E-state index contributed by atoms with van der Waals surface area (Å²) in [6.07, 6.45) is -3.52. The first-order valence-corrected chi connectivity index (χ1v) is 7.93. The molecule has 3 rings (SSSR count). The smallest absolute Gasteiger partial charge is 0.381 e. The molecule has 0 aliphatic heterocycles. The average molecular weight is 306 g/mol. The van der Waals surface area contributed by atoms with Crippen LogP contribution in [0.4, 0.5) is 13.2 Å². The van der Waals surface area contributed by atoms with Gasteiger partial charge in [0.1, 0.15) is 0 Å². The Kier molecular flexibility index (Phi) is 3.42. The number of hydrogen-bond donors (Lipinski definition) is 1. The van der Waals surface area contributed by atoms with Gasteiger partial charge in [0.05, 0.1) is 6.10 Å². The normalized spacial score (nSPS) is 52.0. The second-order valence-electron chi connectivity index (χ2n) is 7.71. The quantitative estimate of drug-likeness (QED) is 0.846. The van der Waals surface area contributed by atoms with E-state index in [-0.39, 0.29) is 11.8 Å². The molecule has 3 aliphatic rings. The minimum atomic E-state index is -4.61. The van der Waals surface area contributed by atoms with Crippen molar-refractivity contribution in [3.05, 3.63) is 0 Å². The molecule has 9 unspecified atom stereocenters. The Bertz CT molecular complexity index is 420. The lowest BCUT2D eigenvalue weighted by molar-refractivity contribution is -0.281. The summed E-state index contributed by atoms with van der Waals surface area (Å²) in [6, 6.07) is 0. The predicted octanol–water partition coefficient (Wildman–Crippen LogP) is 3.49. The Morgan fingerprint density at radius 1 is 1.00 bits per heavy atom. The zero-order valence-corrected chi connectivity index (χ0v) is 13.0. The third-order valence-electron chi connectivity index (χ3n) is 7.13. The number of ether oxygens (including phenoxy) is 1. The fraction of sp³-hybridized carbons (Fsp3) is 1.00. The van der Waals surface area contributed by atoms with Crippen LogP contribution in [-0.2, 0) is 4.74 Å². The SMILES string of the molecule is COC1C2C3CC(C(C)C3C)C2CC1C(C)(O)C(F)(F)F. The molecule has 3 fully saturated rings. The van der Waals surface area contributed by atoms with Gasteiger partial charge in [0.25, 0.3) is 0 Å². The van der Waals surface area contributed by atoms with Crippen LogP contribution in [0.15, 0.2) is 0 Å². The Hall–Kier alpha value is -0.290. The van der Waals surface area contributed by atoms with Gasteiger partial charge in [-0.3, -0.25) is 0 Å². The second-order valence-corrected chi connectivity index (χ2v) is 7.71. The summed E-state index contributed by atoms with van der Waals surface area (Å²) in [6.45, 7) is 5.36. The predicted molar refractivity (Wildman–Crippen MR) is 72.5 cm³/mol. The molecule has 0 aromatic carbocycles. The van der Waals surface area contributed by atoms with Gasteiger partial charge in [-0.1, -0.05) is 13.8 Å². The van der Waals surface area contributed by atoms with E-state index in [2.05, 4.69) is 13.8 Å². The van der Waals surface area contributed by atoms with Crippen LogP contribution in [0.1, 0.15) is 33.6 Å². The summed E-state index contributed by atoms with van der Waals surface area (Å²) < 4.78 is 45.2. The third kappa shape index (κ3) is 1.92. The second kappa shape index (κ2) is 4.60. The maximum absolute atomic E-state index is 13.2. The maximum atomic E-state index is 13.2. The van der Waals surface area contributed by atoms with Crippen LogP contribution in [0.2, 0.25) is 0 Å². The molecule has 9 atom stereocenters. The Morgan fingerprint density at radius 3 is 2.10 bits per heavy atom. The molecule has 3 aliphatic carbocycles. The highest BCUT2D eigenvalue weighted by Gasteiger charge is 2.67. The van der Waals surface area contributed by atoms with Crippen molar-refractivity contribution >= 4 is 0 Å². The molecule has 3 saturated carbocycles. The molecule has 0 aromatic rings. The lowest BCUT2D eigenvalue weighted by Gasteiger charge is -2.38. The van der Waals surface area contributed by atoms with E-state index in [0.717, 1.165) is 13.3 Å². The van der Waals surface area contributed by atoms with Crippen LogP contribution in [0, 0.1) is 41.4 Å². The van der Waals surface area contributed by atoms with Gasteiger partial charge in [0, 0.05) is 13.0 Å². The number of halogens is 3. The zero-order valence-electron chi connectivity index (χ0n) is 13.0. The molecule has 1 N–H and O–H groups in total. The minimum absolute atomic E-state index is 0.185. The van der Waals surface area contributed by atoms with Crippen LogP contribution < -0.4 is 0 Å². The maximum Gasteiger partial charge on any atom is 0.417 e. The summed E-state index contributed by atoms with van der Waals surface area (Å²) in [5.41, 5.74) is -2.66. The lowest BCUT2D eigenvalue weighted by atomic mass is 9.70. The van der Waals surface area contributed by atoms with Crippen molar-refractivity contribution in [3.8, 4) is 0 Å². The summed E-state index contributed by atoms with van der Waals surface area (Å²) >= 11 is 0. The van der Waals surface area contributed by atoms with E-state index < -0.39 is 23.8 Å². The van der Waals surface area contributed by atoms with Gasteiger partial charge in [-0.05, 0) is 55.3 Å². The molecule has 0 radical (unpaired) electrons. The Balaban J connectivity index is 1.91. The molecule has 0 aromatic heterocycles. The van der Waals surface area contributed by atoms with E-state index in [0.29, 0.717) is 30.1 Å². The highest BCUT2D eigenvalue weighted by Crippen LogP contribution is 2.66. The van der Waals surface area contributed by atoms with Gasteiger partial charge in [0.15, 0.2) is 5.60 Å². The first-order valence-electron chi connectivity index (χ1n) is 7.93. The van der Waals surface area contributed by atoms with E-state index in [9.17, 15) is 18.3 Å². The van der Waals surface area contributed by atoms with Crippen molar-refractivity contribution in [3.63, 3.8) is 0 Å². The summed E-state index contributed by atoms with van der Waals surface area (Å²) in [4.78, 5) is 0. The minimum Gasteiger partial charge on any atom is -0.381 e. The fourth-order valence-electron chi connectivity index (χ4n) is 5.79. The zero-order chi connectivity index (χ0) is 15.7. The molecule has 2 nitrogen and oxygen atoms in total. The van der Waals surface area contributed by atoms with E-state index in [4.69, 9.17) is 4.74 Å². The number of aliphatic hydroxyl groups is 1. The van der Waals surface area contributed by atoms with Gasteiger partial charge in [-0.15, -0.1) is 0 Å². The van der Waals surface area contributed by atoms with Crippen molar-refractivity contribution in [1.82, 2.24) is 0 Å². The van der Waals surface area contributed by atoms with Crippen molar-refractivity contribution in [1.29, 1.82) is 0 Å². The van der Waals surface area contributed by atoms with Gasteiger partial charge in [0.2, 0.25) is 0 Å². The molecule has 5 heteroatoms. The van der Waals surface area contributed by atoms with Crippen molar-refractivity contribution < 1.29 is 23.0 Å². The van der Waals surface area contributed by atoms with Crippen molar-refractivity contribution in [2.75, 3.05) is 7.11 Å². The molecule has 122 valence electrons. The van der Waals surface area contributed by atoms with Gasteiger partial charge >= 0.3 is 6.18 Å². The van der Waals surface area contributed by atoms with E-state index in [1.807, 2.05) is 0 Å². The first kappa shape index (κ1) is 15.6. The highest BCUT2D eigenvalue weighted by molar-refractivity contribution is 5.13. The molecular formula is C16H25F3O2. The molecule has 0 saturated heterocycles. The van der Waals surface area contributed by atoms with Crippen LogP contribution in [0.3, 0.4) is 0 Å². The summed E-state index contributed by atoms with van der Waals surface area (Å²) in [5.74, 6) is 1.69. The van der Waals surface area contributed by atoms with Crippen LogP contribution in [0.25, 0.3) is 0 Å². The standard InChI is InChI=1S/C16H25F3O2/c1-7-8(2)10-5-9(7)11-6-12(14(21-4)13(10)11)15(3,20)16(17,18)19/h7-14,20H,5-6H2,1-4H3. The van der Waals surface area contributed by atoms with Crippen molar-refractivity contribution in [2.45, 2.75) is 51.5 Å². The fourth-order valence-corrected chi connectivity index (χ4v) is 5.79. The van der Waals surface area contributed by atoms with E-state index in [1.54, 1.807) is 0 Å². The van der Waals surface area contributed by atoms with Crippen molar-refractivity contribution in [2.24, 2.45) is 41.4 Å². The van der Waals surface area contributed by atoms with E-state index in [1.165, 1.54) is 7.11 Å². The summed E-state index contributed by atoms with van der Waals surface area (Å²) in [5, 5.41) is 10.1. The number of rotatable bonds is 2.